The first-order valence-electron chi connectivity index (χ1n) is 4.94. The number of imidazole rings is 1. The summed E-state index contributed by atoms with van der Waals surface area (Å²) in [6.07, 6.45) is 3.63. The van der Waals surface area contributed by atoms with Crippen LogP contribution in [0.5, 0.6) is 0 Å². The van der Waals surface area contributed by atoms with Gasteiger partial charge < -0.3 is 4.57 Å². The van der Waals surface area contributed by atoms with Crippen molar-refractivity contribution in [3.05, 3.63) is 12.0 Å². The predicted octanol–water partition coefficient (Wildman–Crippen LogP) is 1.62. The summed E-state index contributed by atoms with van der Waals surface area (Å²) in [6.45, 7) is 4.28. The van der Waals surface area contributed by atoms with E-state index in [1.807, 2.05) is 18.0 Å². The lowest BCUT2D eigenvalue weighted by Gasteiger charge is -2.34. The molecule has 0 saturated carbocycles. The van der Waals surface area contributed by atoms with E-state index in [9.17, 15) is 0 Å². The lowest BCUT2D eigenvalue weighted by atomic mass is 10.2. The van der Waals surface area contributed by atoms with Gasteiger partial charge in [0.25, 0.3) is 0 Å². The number of hydrogen-bond donors (Lipinski definition) is 0. The average Bonchev–Trinajstić information content (AvgIpc) is 2.54. The smallest absolute Gasteiger partial charge is 0.232 e. The number of hydrogen-bond acceptors (Lipinski definition) is 3. The highest BCUT2D eigenvalue weighted by atomic mass is 32.1. The maximum absolute atomic E-state index is 5.53. The van der Waals surface area contributed by atoms with Gasteiger partial charge in [-0.05, 0) is 26.1 Å². The van der Waals surface area contributed by atoms with Gasteiger partial charge in [-0.1, -0.05) is 0 Å². The van der Waals surface area contributed by atoms with Gasteiger partial charge in [0.2, 0.25) is 4.99 Å². The van der Waals surface area contributed by atoms with E-state index < -0.39 is 0 Å². The summed E-state index contributed by atoms with van der Waals surface area (Å²) in [5.41, 5.74) is 0.962. The van der Waals surface area contributed by atoms with Crippen LogP contribution in [-0.4, -0.2) is 38.5 Å². The minimum Gasteiger partial charge on any atom is -0.327 e. The summed E-state index contributed by atoms with van der Waals surface area (Å²) in [5.74, 6) is 0.735. The molecule has 0 radical (unpaired) electrons. The second-order valence-corrected chi connectivity index (χ2v) is 4.71. The van der Waals surface area contributed by atoms with E-state index in [0.29, 0.717) is 10.5 Å². The van der Waals surface area contributed by atoms with Crippen molar-refractivity contribution in [3.8, 4) is 0 Å². The molecular weight excluding hydrogens is 208 g/mol. The van der Waals surface area contributed by atoms with Gasteiger partial charge in [0.15, 0.2) is 17.9 Å². The lowest BCUT2D eigenvalue weighted by molar-refractivity contribution is -0.740. The van der Waals surface area contributed by atoms with Crippen molar-refractivity contribution in [2.24, 2.45) is 12.0 Å². The molecule has 1 aliphatic rings. The van der Waals surface area contributed by atoms with Crippen LogP contribution in [0.4, 0.5) is 5.82 Å². The first-order chi connectivity index (χ1) is 6.97. The van der Waals surface area contributed by atoms with Crippen LogP contribution in [0.3, 0.4) is 0 Å². The Bertz CT molecular complexity index is 446. The number of aromatic nitrogens is 2. The monoisotopic (exact) mass is 223 g/mol. The highest BCUT2D eigenvalue weighted by Gasteiger charge is 2.38. The molecule has 1 aromatic rings. The number of fused-ring (bicyclic) bond motifs is 1. The fourth-order valence-electron chi connectivity index (χ4n) is 1.58. The quantitative estimate of drug-likeness (QED) is 0.535. The predicted molar refractivity (Wildman–Crippen MR) is 64.4 cm³/mol. The normalized spacial score (nSPS) is 24.7. The third-order valence-electron chi connectivity index (χ3n) is 3.05. The highest BCUT2D eigenvalue weighted by molar-refractivity contribution is 7.80. The molecule has 0 spiro atoms. The molecule has 4 nitrogen and oxygen atoms in total. The molecule has 0 N–H and O–H groups in total. The van der Waals surface area contributed by atoms with E-state index in [-0.39, 0.29) is 0 Å². The molecule has 0 bridgehead atoms. The number of quaternary nitrogens is 1. The summed E-state index contributed by atoms with van der Waals surface area (Å²) >= 11 is 5.53. The molecule has 2 heterocycles. The molecule has 1 aromatic heterocycles. The van der Waals surface area contributed by atoms with Crippen LogP contribution in [0, 0.1) is 0 Å². The summed E-state index contributed by atoms with van der Waals surface area (Å²) in [4.78, 5) is 9.45. The molecule has 5 heteroatoms. The topological polar surface area (TPSA) is 30.2 Å². The molecule has 0 aliphatic carbocycles. The van der Waals surface area contributed by atoms with Gasteiger partial charge >= 0.3 is 0 Å². The summed E-state index contributed by atoms with van der Waals surface area (Å²) in [5, 5.41) is 0. The van der Waals surface area contributed by atoms with Gasteiger partial charge in [0, 0.05) is 7.05 Å². The number of aryl methyl sites for hydroxylation is 1. The zero-order valence-electron chi connectivity index (χ0n) is 9.43. The van der Waals surface area contributed by atoms with Crippen LogP contribution in [-0.2, 0) is 7.05 Å². The summed E-state index contributed by atoms with van der Waals surface area (Å²) in [7, 11) is 4.02. The van der Waals surface area contributed by atoms with Crippen LogP contribution in [0.2, 0.25) is 0 Å². The fourth-order valence-corrected chi connectivity index (χ4v) is 2.08. The van der Waals surface area contributed by atoms with Gasteiger partial charge in [-0.2, -0.15) is 4.99 Å². The molecule has 2 rings (SSSR count). The highest BCUT2D eigenvalue weighted by Crippen LogP contribution is 2.27. The van der Waals surface area contributed by atoms with Crippen molar-refractivity contribution in [1.82, 2.24) is 9.55 Å². The second-order valence-electron chi connectivity index (χ2n) is 4.32. The lowest BCUT2D eigenvalue weighted by Crippen LogP contribution is -2.54. The molecule has 0 amide bonds. The van der Waals surface area contributed by atoms with E-state index in [0.717, 1.165) is 16.5 Å². The molecule has 0 aromatic carbocycles. The maximum Gasteiger partial charge on any atom is 0.232 e. The fraction of sp³-hybridized carbons (Fsp3) is 0.500. The van der Waals surface area contributed by atoms with E-state index >= 15 is 0 Å². The zero-order valence-corrected chi connectivity index (χ0v) is 10.2. The SMILES string of the molecule is CC(C)[N+]1(C)C=Nc2ncn(C)c2C1=S. The second kappa shape index (κ2) is 3.21. The molecule has 1 unspecified atom stereocenters. The number of aliphatic imine (C=N–C) groups is 1. The van der Waals surface area contributed by atoms with Crippen molar-refractivity contribution in [1.29, 1.82) is 0 Å². The van der Waals surface area contributed by atoms with Crippen molar-refractivity contribution in [2.45, 2.75) is 19.9 Å². The van der Waals surface area contributed by atoms with Gasteiger partial charge in [-0.15, -0.1) is 0 Å². The van der Waals surface area contributed by atoms with Gasteiger partial charge in [-0.3, -0.25) is 0 Å². The number of thiocarbonyl (C=S) groups is 1. The Hall–Kier alpha value is -1.07. The van der Waals surface area contributed by atoms with Crippen molar-refractivity contribution in [2.75, 3.05) is 7.05 Å². The first kappa shape index (κ1) is 10.4. The maximum atomic E-state index is 5.53. The third kappa shape index (κ3) is 1.34. The minimum absolute atomic E-state index is 0.379. The first-order valence-corrected chi connectivity index (χ1v) is 5.35. The Morgan fingerprint density at radius 1 is 1.47 bits per heavy atom. The van der Waals surface area contributed by atoms with E-state index in [4.69, 9.17) is 12.2 Å². The van der Waals surface area contributed by atoms with Crippen molar-refractivity contribution < 1.29 is 4.48 Å². The van der Waals surface area contributed by atoms with Crippen molar-refractivity contribution in [3.63, 3.8) is 0 Å². The third-order valence-corrected chi connectivity index (χ3v) is 3.64. The molecule has 1 aliphatic heterocycles. The summed E-state index contributed by atoms with van der Waals surface area (Å²) in [6, 6.07) is 0.379. The minimum atomic E-state index is 0.379. The van der Waals surface area contributed by atoms with Crippen molar-refractivity contribution >= 4 is 29.4 Å². The molecule has 15 heavy (non-hydrogen) atoms. The van der Waals surface area contributed by atoms with E-state index in [2.05, 4.69) is 30.9 Å². The largest absolute Gasteiger partial charge is 0.327 e. The number of nitrogens with zero attached hydrogens (tertiary/aromatic N) is 4. The van der Waals surface area contributed by atoms with Gasteiger partial charge in [0.1, 0.15) is 0 Å². The summed E-state index contributed by atoms with van der Waals surface area (Å²) < 4.78 is 2.51. The molecule has 1 atom stereocenters. The Balaban J connectivity index is 2.58. The van der Waals surface area contributed by atoms with Crippen LogP contribution >= 0.6 is 12.2 Å². The van der Waals surface area contributed by atoms with E-state index in [1.165, 1.54) is 0 Å². The van der Waals surface area contributed by atoms with Gasteiger partial charge in [-0.25, -0.2) is 9.47 Å². The van der Waals surface area contributed by atoms with Crippen LogP contribution in [0.1, 0.15) is 19.5 Å². The Labute approximate surface area is 94.8 Å². The zero-order chi connectivity index (χ0) is 11.2. The average molecular weight is 223 g/mol. The Morgan fingerprint density at radius 2 is 2.13 bits per heavy atom. The molecular formula is C10H15N4S+. The Morgan fingerprint density at radius 3 is 2.73 bits per heavy atom. The molecule has 0 fully saturated rings. The molecule has 80 valence electrons. The molecule has 0 saturated heterocycles. The van der Waals surface area contributed by atoms with Gasteiger partial charge in [0.05, 0.1) is 19.4 Å². The Kier molecular flexibility index (Phi) is 2.24. The number of rotatable bonds is 1. The standard InChI is InChI=1S/C10H15N4S/c1-7(2)14(4)6-12-9-8(10(14)15)13(3)5-11-9/h5-7H,1-4H3/q+1. The van der Waals surface area contributed by atoms with Crippen LogP contribution < -0.4 is 0 Å². The van der Waals surface area contributed by atoms with Crippen LogP contribution in [0.15, 0.2) is 11.3 Å². The van der Waals surface area contributed by atoms with Crippen LogP contribution in [0.25, 0.3) is 0 Å². The van der Waals surface area contributed by atoms with E-state index in [1.54, 1.807) is 6.33 Å².